The fourth-order valence-corrected chi connectivity index (χ4v) is 6.92. The van der Waals surface area contributed by atoms with Gasteiger partial charge in [-0.2, -0.15) is 22.2 Å². The number of hydrogen-bond acceptors (Lipinski definition) is 2. The van der Waals surface area contributed by atoms with Gasteiger partial charge in [-0.15, -0.1) is 0 Å². The quantitative estimate of drug-likeness (QED) is 0.243. The molecule has 0 aromatic rings. The maximum Gasteiger partial charge on any atom is 0.333 e. The van der Waals surface area contributed by atoms with Crippen molar-refractivity contribution in [3.8, 4) is 0 Å². The van der Waals surface area contributed by atoms with Gasteiger partial charge in [0, 0.05) is 5.57 Å². The molecule has 0 heterocycles. The number of ether oxygens (including phenoxy) is 1. The molecule has 0 aliphatic carbocycles. The van der Waals surface area contributed by atoms with E-state index < -0.39 is 6.21 Å². The zero-order chi connectivity index (χ0) is 11.2. The molecule has 0 saturated heterocycles. The Morgan fingerprint density at radius 2 is 2.14 bits per heavy atom. The monoisotopic (exact) mass is 270 g/mol. The fourth-order valence-electron chi connectivity index (χ4n) is 0.826. The van der Waals surface area contributed by atoms with Crippen molar-refractivity contribution in [2.45, 2.75) is 25.9 Å². The third kappa shape index (κ3) is 8.81. The van der Waals surface area contributed by atoms with Gasteiger partial charge in [0.1, 0.15) is 0 Å². The van der Waals surface area contributed by atoms with Crippen LogP contribution in [0, 0.1) is 0 Å². The Morgan fingerprint density at radius 3 is 2.57 bits per heavy atom. The van der Waals surface area contributed by atoms with E-state index in [1.807, 2.05) is 6.55 Å². The van der Waals surface area contributed by atoms with Crippen molar-refractivity contribution < 1.29 is 9.53 Å². The van der Waals surface area contributed by atoms with Gasteiger partial charge in [0.2, 0.25) is 6.21 Å². The minimum absolute atomic E-state index is 0.316. The molecule has 0 amide bonds. The summed E-state index contributed by atoms with van der Waals surface area (Å²) >= 11 is 11.9. The zero-order valence-electron chi connectivity index (χ0n) is 8.61. The first kappa shape index (κ1) is 14.2. The summed E-state index contributed by atoms with van der Waals surface area (Å²) in [5.74, 6) is -0.316. The van der Waals surface area contributed by atoms with Gasteiger partial charge in [0.25, 0.3) is 0 Å². The molecule has 0 fully saturated rings. The Balaban J connectivity index is 3.39. The standard InChI is InChI=1S/C8H16Cl2O2Si2/c1-7(2)8(11)12-5-4-6-13-14(3,9)10/h1,4-6,13H2,2-3H3. The van der Waals surface area contributed by atoms with Gasteiger partial charge in [-0.25, -0.2) is 4.79 Å². The van der Waals surface area contributed by atoms with E-state index in [0.717, 1.165) is 12.5 Å². The van der Waals surface area contributed by atoms with Crippen LogP contribution in [0.25, 0.3) is 0 Å². The minimum atomic E-state index is -1.83. The van der Waals surface area contributed by atoms with Crippen molar-refractivity contribution in [3.05, 3.63) is 12.2 Å². The molecule has 0 saturated carbocycles. The van der Waals surface area contributed by atoms with E-state index in [2.05, 4.69) is 6.58 Å². The van der Waals surface area contributed by atoms with E-state index in [-0.39, 0.29) is 15.0 Å². The highest BCUT2D eigenvalue weighted by molar-refractivity contribution is 7.66. The predicted molar refractivity (Wildman–Crippen MR) is 67.1 cm³/mol. The molecule has 82 valence electrons. The van der Waals surface area contributed by atoms with Gasteiger partial charge in [-0.05, 0) is 19.9 Å². The lowest BCUT2D eigenvalue weighted by molar-refractivity contribution is -0.138. The Morgan fingerprint density at radius 1 is 1.57 bits per heavy atom. The van der Waals surface area contributed by atoms with Gasteiger partial charge in [0.15, 0.2) is 0 Å². The molecule has 0 atom stereocenters. The van der Waals surface area contributed by atoms with Crippen molar-refractivity contribution >= 4 is 43.4 Å². The molecule has 0 N–H and O–H groups in total. The zero-order valence-corrected chi connectivity index (χ0v) is 12.5. The summed E-state index contributed by atoms with van der Waals surface area (Å²) in [5.41, 5.74) is 0.441. The smallest absolute Gasteiger partial charge is 0.333 e. The van der Waals surface area contributed by atoms with Crippen LogP contribution in [0.1, 0.15) is 13.3 Å². The highest BCUT2D eigenvalue weighted by atomic mass is 35.7. The molecule has 0 radical (unpaired) electrons. The molecule has 0 rings (SSSR count). The van der Waals surface area contributed by atoms with Crippen LogP contribution in [0.2, 0.25) is 12.6 Å². The second kappa shape index (κ2) is 6.66. The highest BCUT2D eigenvalue weighted by Gasteiger charge is 2.20. The third-order valence-corrected chi connectivity index (χ3v) is 10.4. The summed E-state index contributed by atoms with van der Waals surface area (Å²) in [6, 6.07) is 1.04. The molecule has 6 heteroatoms. The van der Waals surface area contributed by atoms with E-state index in [1.54, 1.807) is 6.92 Å². The number of hydrogen-bond donors (Lipinski definition) is 0. The highest BCUT2D eigenvalue weighted by Crippen LogP contribution is 2.13. The molecule has 0 aliphatic heterocycles. The SMILES string of the molecule is C=C(C)C(=O)OCCC[SiH2][Si](C)(Cl)Cl. The molecule has 0 spiro atoms. The predicted octanol–water partition coefficient (Wildman–Crippen LogP) is 2.13. The first-order valence-electron chi connectivity index (χ1n) is 4.53. The van der Waals surface area contributed by atoms with Crippen LogP contribution < -0.4 is 0 Å². The number of carbonyl (C=O) groups is 1. The molecule has 14 heavy (non-hydrogen) atoms. The Labute approximate surface area is 97.6 Å². The van der Waals surface area contributed by atoms with Crippen molar-refractivity contribution in [3.63, 3.8) is 0 Å². The molecule has 2 nitrogen and oxygen atoms in total. The van der Waals surface area contributed by atoms with E-state index in [0.29, 0.717) is 12.2 Å². The van der Waals surface area contributed by atoms with E-state index in [9.17, 15) is 4.79 Å². The van der Waals surface area contributed by atoms with E-state index in [4.69, 9.17) is 26.9 Å². The lowest BCUT2D eigenvalue weighted by atomic mass is 10.4. The van der Waals surface area contributed by atoms with Gasteiger partial charge in [0.05, 0.1) is 15.6 Å². The van der Waals surface area contributed by atoms with Crippen molar-refractivity contribution in [1.29, 1.82) is 0 Å². The van der Waals surface area contributed by atoms with Gasteiger partial charge in [-0.3, -0.25) is 0 Å². The van der Waals surface area contributed by atoms with Crippen molar-refractivity contribution in [2.24, 2.45) is 0 Å². The summed E-state index contributed by atoms with van der Waals surface area (Å²) in [5, 5.41) is 0. The topological polar surface area (TPSA) is 26.3 Å². The first-order chi connectivity index (χ1) is 6.33. The van der Waals surface area contributed by atoms with Crippen LogP contribution in [0.4, 0.5) is 0 Å². The number of halogens is 2. The van der Waals surface area contributed by atoms with Crippen LogP contribution in [0.3, 0.4) is 0 Å². The summed E-state index contributed by atoms with van der Waals surface area (Å²) in [6.45, 7) is 7.53. The van der Waals surface area contributed by atoms with Gasteiger partial charge >= 0.3 is 5.97 Å². The summed E-state index contributed by atoms with van der Waals surface area (Å²) in [4.78, 5) is 10.9. The number of rotatable bonds is 6. The van der Waals surface area contributed by atoms with Crippen LogP contribution in [-0.2, 0) is 9.53 Å². The molecule has 0 unspecified atom stereocenters. The molecule has 0 aromatic carbocycles. The minimum Gasteiger partial charge on any atom is -0.462 e. The summed E-state index contributed by atoms with van der Waals surface area (Å²) in [6.07, 6.45) is -0.963. The van der Waals surface area contributed by atoms with Gasteiger partial charge in [-0.1, -0.05) is 12.6 Å². The molecule has 0 aromatic heterocycles. The maximum atomic E-state index is 10.9. The molecular formula is C8H16Cl2O2Si2. The van der Waals surface area contributed by atoms with Crippen LogP contribution in [-0.4, -0.2) is 27.8 Å². The van der Waals surface area contributed by atoms with Crippen LogP contribution in [0.15, 0.2) is 12.2 Å². The van der Waals surface area contributed by atoms with Crippen LogP contribution in [0.5, 0.6) is 0 Å². The van der Waals surface area contributed by atoms with Crippen molar-refractivity contribution in [1.82, 2.24) is 0 Å². The Hall–Kier alpha value is 0.224. The maximum absolute atomic E-state index is 10.9. The second-order valence-electron chi connectivity index (χ2n) is 3.44. The lowest BCUT2D eigenvalue weighted by Gasteiger charge is -2.08. The molecule has 0 bridgehead atoms. The average molecular weight is 271 g/mol. The Bertz CT molecular complexity index is 214. The van der Waals surface area contributed by atoms with Crippen LogP contribution >= 0.6 is 22.2 Å². The summed E-state index contributed by atoms with van der Waals surface area (Å²) < 4.78 is 4.93. The normalized spacial score (nSPS) is 12.0. The van der Waals surface area contributed by atoms with E-state index >= 15 is 0 Å². The Kier molecular flexibility index (Phi) is 6.77. The van der Waals surface area contributed by atoms with E-state index in [1.165, 1.54) is 0 Å². The van der Waals surface area contributed by atoms with Gasteiger partial charge < -0.3 is 4.74 Å². The summed E-state index contributed by atoms with van der Waals surface area (Å²) in [7, 11) is -0.359. The largest absolute Gasteiger partial charge is 0.462 e. The second-order valence-corrected chi connectivity index (χ2v) is 20.8. The number of esters is 1. The van der Waals surface area contributed by atoms with Crippen molar-refractivity contribution in [2.75, 3.05) is 6.61 Å². The first-order valence-corrected chi connectivity index (χ1v) is 12.4. The average Bonchev–Trinajstić information content (AvgIpc) is 2.01. The fraction of sp³-hybridized carbons (Fsp3) is 0.625. The number of carbonyl (C=O) groups excluding carboxylic acids is 1. The molecule has 0 aliphatic rings. The lowest BCUT2D eigenvalue weighted by Crippen LogP contribution is -2.24. The third-order valence-electron chi connectivity index (χ3n) is 1.59. The molecular weight excluding hydrogens is 255 g/mol.